The van der Waals surface area contributed by atoms with Crippen molar-refractivity contribution in [3.63, 3.8) is 0 Å². The topological polar surface area (TPSA) is 50.4 Å². The van der Waals surface area contributed by atoms with E-state index in [4.69, 9.17) is 17.0 Å². The van der Waals surface area contributed by atoms with E-state index in [1.165, 1.54) is 0 Å². The second-order valence-corrected chi connectivity index (χ2v) is 3.71. The standard InChI is InChI=1S/C10H16N2O2S/c1-7-8(9(13)10(7)15)12-4-6-14-5-3-11-2/h11-12H,3-6H2,1-2H3. The summed E-state index contributed by atoms with van der Waals surface area (Å²) in [6, 6.07) is 0. The molecule has 1 aromatic carbocycles. The zero-order valence-electron chi connectivity index (χ0n) is 9.05. The molecular weight excluding hydrogens is 212 g/mol. The maximum atomic E-state index is 11.2. The van der Waals surface area contributed by atoms with Gasteiger partial charge in [-0.05, 0) is 19.5 Å². The number of hydrogen-bond donors (Lipinski definition) is 2. The van der Waals surface area contributed by atoms with Crippen molar-refractivity contribution in [2.24, 2.45) is 0 Å². The van der Waals surface area contributed by atoms with Gasteiger partial charge in [-0.3, -0.25) is 4.79 Å². The number of rotatable bonds is 7. The molecule has 0 saturated carbocycles. The molecule has 0 amide bonds. The van der Waals surface area contributed by atoms with Gasteiger partial charge < -0.3 is 15.4 Å². The number of anilines is 1. The van der Waals surface area contributed by atoms with Crippen LogP contribution in [0.5, 0.6) is 0 Å². The van der Waals surface area contributed by atoms with Crippen molar-refractivity contribution in [2.75, 3.05) is 38.7 Å². The van der Waals surface area contributed by atoms with Crippen molar-refractivity contribution in [1.29, 1.82) is 0 Å². The van der Waals surface area contributed by atoms with Crippen LogP contribution in [0, 0.1) is 11.4 Å². The van der Waals surface area contributed by atoms with Crippen molar-refractivity contribution in [2.45, 2.75) is 6.92 Å². The fourth-order valence-electron chi connectivity index (χ4n) is 1.24. The van der Waals surface area contributed by atoms with Crippen molar-refractivity contribution in [3.05, 3.63) is 20.3 Å². The van der Waals surface area contributed by atoms with Gasteiger partial charge in [-0.2, -0.15) is 0 Å². The lowest BCUT2D eigenvalue weighted by molar-refractivity contribution is 0.147. The molecular formula is C10H16N2O2S. The number of hydrogen-bond acceptors (Lipinski definition) is 5. The highest BCUT2D eigenvalue weighted by Gasteiger charge is 2.11. The van der Waals surface area contributed by atoms with E-state index in [0.29, 0.717) is 30.0 Å². The molecule has 0 heterocycles. The number of likely N-dealkylation sites (N-methyl/N-ethyl adjacent to an activating group) is 1. The third-order valence-electron chi connectivity index (χ3n) is 2.19. The van der Waals surface area contributed by atoms with Crippen molar-refractivity contribution in [3.8, 4) is 0 Å². The first kappa shape index (κ1) is 12.3. The highest BCUT2D eigenvalue weighted by atomic mass is 32.1. The molecule has 0 aromatic heterocycles. The second-order valence-electron chi connectivity index (χ2n) is 3.30. The van der Waals surface area contributed by atoms with Gasteiger partial charge in [-0.1, -0.05) is 12.2 Å². The zero-order valence-corrected chi connectivity index (χ0v) is 9.87. The predicted octanol–water partition coefficient (Wildman–Crippen LogP) is 0.608. The summed E-state index contributed by atoms with van der Waals surface area (Å²) in [6.07, 6.45) is 0. The summed E-state index contributed by atoms with van der Waals surface area (Å²) in [5, 5.41) is 6.01. The molecule has 0 bridgehead atoms. The molecule has 0 aliphatic heterocycles. The van der Waals surface area contributed by atoms with Gasteiger partial charge in [0.2, 0.25) is 5.43 Å². The van der Waals surface area contributed by atoms with Crippen molar-refractivity contribution >= 4 is 17.9 Å². The molecule has 5 heteroatoms. The fourth-order valence-corrected chi connectivity index (χ4v) is 1.45. The largest absolute Gasteiger partial charge is 0.379 e. The third-order valence-corrected chi connectivity index (χ3v) is 2.69. The van der Waals surface area contributed by atoms with Crippen LogP contribution in [0.1, 0.15) is 5.56 Å². The minimum atomic E-state index is -0.0438. The average Bonchev–Trinajstić information content (AvgIpc) is 2.26. The SMILES string of the molecule is CNCCOCCNc1c(C)c(=S)c1=O. The highest BCUT2D eigenvalue weighted by Crippen LogP contribution is 2.13. The Morgan fingerprint density at radius 1 is 1.33 bits per heavy atom. The molecule has 2 N–H and O–H groups in total. The van der Waals surface area contributed by atoms with Crippen LogP contribution in [0.2, 0.25) is 0 Å². The normalized spacial score (nSPS) is 10.8. The van der Waals surface area contributed by atoms with E-state index in [0.717, 1.165) is 12.1 Å². The fraction of sp³-hybridized carbons (Fsp3) is 0.600. The first-order chi connectivity index (χ1) is 7.18. The van der Waals surface area contributed by atoms with Crippen LogP contribution in [-0.4, -0.2) is 33.4 Å². The summed E-state index contributed by atoms with van der Waals surface area (Å²) in [7, 11) is 1.88. The van der Waals surface area contributed by atoms with Gasteiger partial charge in [0.25, 0.3) is 0 Å². The smallest absolute Gasteiger partial charge is 0.220 e. The summed E-state index contributed by atoms with van der Waals surface area (Å²) >= 11 is 4.86. The van der Waals surface area contributed by atoms with E-state index in [1.807, 2.05) is 14.0 Å². The predicted molar refractivity (Wildman–Crippen MR) is 63.9 cm³/mol. The summed E-state index contributed by atoms with van der Waals surface area (Å²) in [4.78, 5) is 11.2. The van der Waals surface area contributed by atoms with E-state index in [9.17, 15) is 4.79 Å². The van der Waals surface area contributed by atoms with E-state index in [1.54, 1.807) is 0 Å². The highest BCUT2D eigenvalue weighted by molar-refractivity contribution is 7.71. The quantitative estimate of drug-likeness (QED) is 0.529. The van der Waals surface area contributed by atoms with Crippen LogP contribution in [0.3, 0.4) is 0 Å². The average molecular weight is 228 g/mol. The van der Waals surface area contributed by atoms with E-state index in [-0.39, 0.29) is 5.43 Å². The Labute approximate surface area is 94.3 Å². The number of nitrogens with one attached hydrogen (secondary N) is 2. The van der Waals surface area contributed by atoms with Gasteiger partial charge in [0.05, 0.1) is 23.4 Å². The lowest BCUT2D eigenvalue weighted by atomic mass is 10.1. The van der Waals surface area contributed by atoms with Crippen molar-refractivity contribution < 1.29 is 4.74 Å². The van der Waals surface area contributed by atoms with Crippen LogP contribution < -0.4 is 16.1 Å². The Balaban J connectivity index is 2.17. The van der Waals surface area contributed by atoms with Crippen LogP contribution in [0.4, 0.5) is 5.69 Å². The third kappa shape index (κ3) is 3.09. The number of ether oxygens (including phenoxy) is 1. The first-order valence-electron chi connectivity index (χ1n) is 4.94. The minimum absolute atomic E-state index is 0.0438. The Hall–Kier alpha value is -0.780. The van der Waals surface area contributed by atoms with Gasteiger partial charge in [0.15, 0.2) is 0 Å². The summed E-state index contributed by atoms with van der Waals surface area (Å²) < 4.78 is 5.75. The molecule has 0 saturated heterocycles. The molecule has 0 aliphatic rings. The Bertz CT molecular complexity index is 383. The summed E-state index contributed by atoms with van der Waals surface area (Å²) in [5.74, 6) is 0. The van der Waals surface area contributed by atoms with Gasteiger partial charge in [-0.15, -0.1) is 0 Å². The second kappa shape index (κ2) is 5.95. The monoisotopic (exact) mass is 228 g/mol. The lowest BCUT2D eigenvalue weighted by Gasteiger charge is -2.11. The Morgan fingerprint density at radius 2 is 2.00 bits per heavy atom. The molecule has 0 atom stereocenters. The summed E-state index contributed by atoms with van der Waals surface area (Å²) in [6.45, 7) is 4.62. The van der Waals surface area contributed by atoms with Crippen molar-refractivity contribution in [1.82, 2.24) is 5.32 Å². The van der Waals surface area contributed by atoms with Crippen LogP contribution in [0.15, 0.2) is 4.79 Å². The Kier molecular flexibility index (Phi) is 4.87. The van der Waals surface area contributed by atoms with Gasteiger partial charge in [0, 0.05) is 13.1 Å². The van der Waals surface area contributed by atoms with Gasteiger partial charge >= 0.3 is 0 Å². The van der Waals surface area contributed by atoms with E-state index in [2.05, 4.69) is 10.6 Å². The molecule has 1 aromatic rings. The van der Waals surface area contributed by atoms with E-state index >= 15 is 0 Å². The maximum Gasteiger partial charge on any atom is 0.220 e. The molecule has 0 spiro atoms. The molecule has 15 heavy (non-hydrogen) atoms. The van der Waals surface area contributed by atoms with Gasteiger partial charge in [0.1, 0.15) is 0 Å². The maximum absolute atomic E-state index is 11.2. The van der Waals surface area contributed by atoms with Crippen LogP contribution in [0.25, 0.3) is 0 Å². The molecule has 0 unspecified atom stereocenters. The molecule has 1 rings (SSSR count). The molecule has 0 radical (unpaired) electrons. The van der Waals surface area contributed by atoms with E-state index < -0.39 is 0 Å². The summed E-state index contributed by atoms with van der Waals surface area (Å²) in [5.41, 5.74) is 1.50. The molecule has 0 aliphatic carbocycles. The molecule has 0 fully saturated rings. The Morgan fingerprint density at radius 3 is 2.60 bits per heavy atom. The van der Waals surface area contributed by atoms with Crippen LogP contribution in [-0.2, 0) is 4.74 Å². The molecule has 84 valence electrons. The molecule has 4 nitrogen and oxygen atoms in total. The first-order valence-corrected chi connectivity index (χ1v) is 5.35. The zero-order chi connectivity index (χ0) is 11.3. The van der Waals surface area contributed by atoms with Crippen LogP contribution >= 0.6 is 12.2 Å². The van der Waals surface area contributed by atoms with Gasteiger partial charge in [-0.25, -0.2) is 0 Å². The lowest BCUT2D eigenvalue weighted by Crippen LogP contribution is -2.23. The minimum Gasteiger partial charge on any atom is -0.379 e.